The molecule has 1 N–H and O–H groups in total. The highest BCUT2D eigenvalue weighted by Crippen LogP contribution is 2.38. The molecule has 2 fully saturated rings. The topological polar surface area (TPSA) is 21.3 Å². The number of halogens is 1. The van der Waals surface area contributed by atoms with Crippen molar-refractivity contribution in [1.29, 1.82) is 0 Å². The Morgan fingerprint density at radius 2 is 2.00 bits per heavy atom. The number of hydrogen-bond donors (Lipinski definition) is 1. The molecular weight excluding hydrogens is 270 g/mol. The fourth-order valence-corrected chi connectivity index (χ4v) is 3.85. The van der Waals surface area contributed by atoms with Crippen LogP contribution in [-0.4, -0.2) is 18.2 Å². The zero-order valence-electron chi connectivity index (χ0n) is 12.0. The molecule has 1 aromatic carbocycles. The molecule has 110 valence electrons. The van der Waals surface area contributed by atoms with Crippen LogP contribution < -0.4 is 5.32 Å². The Balaban J connectivity index is 1.56. The second-order valence-corrected chi connectivity index (χ2v) is 6.66. The molecule has 1 aromatic rings. The second-order valence-electron chi connectivity index (χ2n) is 6.25. The van der Waals surface area contributed by atoms with E-state index in [0.717, 1.165) is 31.0 Å². The predicted molar refractivity (Wildman–Crippen MR) is 83.1 cm³/mol. The molecule has 1 atom stereocenters. The third-order valence-corrected chi connectivity index (χ3v) is 5.17. The first-order valence-corrected chi connectivity index (χ1v) is 8.26. The molecule has 1 saturated heterocycles. The third-order valence-electron chi connectivity index (χ3n) is 4.80. The molecule has 20 heavy (non-hydrogen) atoms. The highest BCUT2D eigenvalue weighted by atomic mass is 35.5. The predicted octanol–water partition coefficient (Wildman–Crippen LogP) is 4.31. The van der Waals surface area contributed by atoms with E-state index >= 15 is 0 Å². The van der Waals surface area contributed by atoms with E-state index in [0.29, 0.717) is 6.04 Å². The van der Waals surface area contributed by atoms with Crippen LogP contribution in [0.3, 0.4) is 0 Å². The summed E-state index contributed by atoms with van der Waals surface area (Å²) in [6, 6.07) is 8.67. The lowest BCUT2D eigenvalue weighted by atomic mass is 9.78. The van der Waals surface area contributed by atoms with Crippen LogP contribution in [0.25, 0.3) is 0 Å². The van der Waals surface area contributed by atoms with Crippen molar-refractivity contribution in [3.8, 4) is 0 Å². The highest BCUT2D eigenvalue weighted by molar-refractivity contribution is 6.31. The van der Waals surface area contributed by atoms with E-state index in [-0.39, 0.29) is 5.60 Å². The van der Waals surface area contributed by atoms with E-state index in [9.17, 15) is 0 Å². The van der Waals surface area contributed by atoms with Crippen molar-refractivity contribution in [2.24, 2.45) is 0 Å². The Morgan fingerprint density at radius 1 is 1.20 bits per heavy atom. The average molecular weight is 294 g/mol. The summed E-state index contributed by atoms with van der Waals surface area (Å²) in [7, 11) is 0. The maximum atomic E-state index is 6.22. The molecule has 1 heterocycles. The van der Waals surface area contributed by atoms with Crippen LogP contribution in [0.4, 0.5) is 0 Å². The van der Waals surface area contributed by atoms with E-state index in [2.05, 4.69) is 17.4 Å². The quantitative estimate of drug-likeness (QED) is 0.896. The standard InChI is InChI=1S/C17H24ClNO/c18-16-7-3-2-6-14(16)13-19-15-8-11-20-17(12-15)9-4-1-5-10-17/h2-3,6-7,15,19H,1,4-5,8-13H2. The molecule has 0 bridgehead atoms. The van der Waals surface area contributed by atoms with Gasteiger partial charge < -0.3 is 10.1 Å². The maximum Gasteiger partial charge on any atom is 0.0697 e. The minimum Gasteiger partial charge on any atom is -0.375 e. The van der Waals surface area contributed by atoms with Crippen LogP contribution in [-0.2, 0) is 11.3 Å². The van der Waals surface area contributed by atoms with Crippen LogP contribution in [0.2, 0.25) is 5.02 Å². The Labute approximate surface area is 126 Å². The van der Waals surface area contributed by atoms with Crippen molar-refractivity contribution in [1.82, 2.24) is 5.32 Å². The van der Waals surface area contributed by atoms with Gasteiger partial charge in [0.15, 0.2) is 0 Å². The van der Waals surface area contributed by atoms with Crippen molar-refractivity contribution >= 4 is 11.6 Å². The van der Waals surface area contributed by atoms with Crippen LogP contribution in [0.5, 0.6) is 0 Å². The van der Waals surface area contributed by atoms with Gasteiger partial charge in [-0.05, 0) is 37.3 Å². The summed E-state index contributed by atoms with van der Waals surface area (Å²) in [6.45, 7) is 1.76. The summed E-state index contributed by atoms with van der Waals surface area (Å²) in [6.07, 6.45) is 8.81. The normalized spacial score (nSPS) is 25.8. The molecule has 3 heteroatoms. The summed E-state index contributed by atoms with van der Waals surface area (Å²) in [5.74, 6) is 0. The molecule has 1 unspecified atom stereocenters. The Hall–Kier alpha value is -0.570. The van der Waals surface area contributed by atoms with Gasteiger partial charge in [0.25, 0.3) is 0 Å². The summed E-state index contributed by atoms with van der Waals surface area (Å²) >= 11 is 6.22. The van der Waals surface area contributed by atoms with Crippen molar-refractivity contribution in [3.63, 3.8) is 0 Å². The summed E-state index contributed by atoms with van der Waals surface area (Å²) in [5, 5.41) is 4.55. The van der Waals surface area contributed by atoms with E-state index in [1.54, 1.807) is 0 Å². The third kappa shape index (κ3) is 3.36. The largest absolute Gasteiger partial charge is 0.375 e. The Kier molecular flexibility index (Phi) is 4.65. The molecule has 1 saturated carbocycles. The van der Waals surface area contributed by atoms with E-state index in [1.807, 2.05) is 12.1 Å². The lowest BCUT2D eigenvalue weighted by molar-refractivity contribution is -0.109. The monoisotopic (exact) mass is 293 g/mol. The number of ether oxygens (including phenoxy) is 1. The fourth-order valence-electron chi connectivity index (χ4n) is 3.64. The molecule has 1 aliphatic carbocycles. The second kappa shape index (κ2) is 6.46. The van der Waals surface area contributed by atoms with Gasteiger partial charge in [0.05, 0.1) is 5.60 Å². The van der Waals surface area contributed by atoms with Gasteiger partial charge in [-0.15, -0.1) is 0 Å². The van der Waals surface area contributed by atoms with Crippen molar-refractivity contribution in [3.05, 3.63) is 34.9 Å². The van der Waals surface area contributed by atoms with Crippen molar-refractivity contribution in [2.45, 2.75) is 63.1 Å². The number of rotatable bonds is 3. The lowest BCUT2D eigenvalue weighted by Crippen LogP contribution is -2.47. The molecule has 1 aliphatic heterocycles. The average Bonchev–Trinajstić information content (AvgIpc) is 2.47. The zero-order chi connectivity index (χ0) is 13.8. The van der Waals surface area contributed by atoms with Crippen LogP contribution >= 0.6 is 11.6 Å². The minimum atomic E-state index is 0.175. The molecule has 3 rings (SSSR count). The SMILES string of the molecule is Clc1ccccc1CNC1CCOC2(CCCCC2)C1. The van der Waals surface area contributed by atoms with Crippen LogP contribution in [0.15, 0.2) is 24.3 Å². The molecule has 0 aromatic heterocycles. The lowest BCUT2D eigenvalue weighted by Gasteiger charge is -2.43. The van der Waals surface area contributed by atoms with Crippen molar-refractivity contribution < 1.29 is 4.74 Å². The molecule has 2 nitrogen and oxygen atoms in total. The molecule has 2 aliphatic rings. The van der Waals surface area contributed by atoms with Gasteiger partial charge in [-0.3, -0.25) is 0 Å². The molecule has 0 radical (unpaired) electrons. The van der Waals surface area contributed by atoms with Crippen LogP contribution in [0.1, 0.15) is 50.5 Å². The first kappa shape index (κ1) is 14.4. The smallest absolute Gasteiger partial charge is 0.0697 e. The van der Waals surface area contributed by atoms with Gasteiger partial charge >= 0.3 is 0 Å². The summed E-state index contributed by atoms with van der Waals surface area (Å²) in [4.78, 5) is 0. The number of benzene rings is 1. The first-order chi connectivity index (χ1) is 9.77. The van der Waals surface area contributed by atoms with Gasteiger partial charge in [0.2, 0.25) is 0 Å². The number of hydrogen-bond acceptors (Lipinski definition) is 2. The van der Waals surface area contributed by atoms with E-state index in [1.165, 1.54) is 37.7 Å². The van der Waals surface area contributed by atoms with Gasteiger partial charge in [-0.25, -0.2) is 0 Å². The summed E-state index contributed by atoms with van der Waals surface area (Å²) < 4.78 is 6.15. The highest BCUT2D eigenvalue weighted by Gasteiger charge is 2.38. The number of nitrogens with one attached hydrogen (secondary N) is 1. The Morgan fingerprint density at radius 3 is 2.80 bits per heavy atom. The van der Waals surface area contributed by atoms with Gasteiger partial charge in [0.1, 0.15) is 0 Å². The minimum absolute atomic E-state index is 0.175. The molecule has 1 spiro atoms. The van der Waals surface area contributed by atoms with Crippen molar-refractivity contribution in [2.75, 3.05) is 6.61 Å². The van der Waals surface area contributed by atoms with Gasteiger partial charge in [0, 0.05) is 24.2 Å². The van der Waals surface area contributed by atoms with Gasteiger partial charge in [-0.2, -0.15) is 0 Å². The van der Waals surface area contributed by atoms with Crippen LogP contribution in [0, 0.1) is 0 Å². The van der Waals surface area contributed by atoms with Gasteiger partial charge in [-0.1, -0.05) is 49.1 Å². The van der Waals surface area contributed by atoms with E-state index in [4.69, 9.17) is 16.3 Å². The molecular formula is C17H24ClNO. The molecule has 0 amide bonds. The van der Waals surface area contributed by atoms with E-state index < -0.39 is 0 Å². The first-order valence-electron chi connectivity index (χ1n) is 7.88. The summed E-state index contributed by atoms with van der Waals surface area (Å²) in [5.41, 5.74) is 1.37. The maximum absolute atomic E-state index is 6.22. The fraction of sp³-hybridized carbons (Fsp3) is 0.647. The Bertz CT molecular complexity index is 437. The zero-order valence-corrected chi connectivity index (χ0v) is 12.8.